The summed E-state index contributed by atoms with van der Waals surface area (Å²) in [5.74, 6) is 1.04. The second-order valence-corrected chi connectivity index (χ2v) is 6.47. The summed E-state index contributed by atoms with van der Waals surface area (Å²) in [5, 5.41) is 3.32. The molecule has 1 N–H and O–H groups in total. The normalized spacial score (nSPS) is 27.3. The number of hydrogen-bond acceptors (Lipinski definition) is 2. The van der Waals surface area contributed by atoms with E-state index in [0.29, 0.717) is 31.0 Å². The van der Waals surface area contributed by atoms with Crippen LogP contribution in [0.5, 0.6) is 0 Å². The second-order valence-electron chi connectivity index (χ2n) is 6.47. The Morgan fingerprint density at radius 2 is 1.86 bits per heavy atom. The summed E-state index contributed by atoms with van der Waals surface area (Å²) < 4.78 is 38.1. The summed E-state index contributed by atoms with van der Waals surface area (Å²) in [6.45, 7) is 4.46. The van der Waals surface area contributed by atoms with Crippen LogP contribution in [0.1, 0.15) is 52.4 Å². The number of rotatable bonds is 8. The first-order chi connectivity index (χ1) is 9.89. The Kier molecular flexibility index (Phi) is 8.03. The number of hydrogen-bond donors (Lipinski definition) is 1. The maximum atomic E-state index is 12.7. The van der Waals surface area contributed by atoms with Crippen molar-refractivity contribution in [1.29, 1.82) is 0 Å². The molecule has 0 radical (unpaired) electrons. The highest BCUT2D eigenvalue weighted by Crippen LogP contribution is 2.33. The molecule has 1 aliphatic rings. The molecule has 126 valence electrons. The van der Waals surface area contributed by atoms with Gasteiger partial charge < -0.3 is 5.32 Å². The predicted molar refractivity (Wildman–Crippen MR) is 81.4 cm³/mol. The molecule has 0 amide bonds. The zero-order valence-corrected chi connectivity index (χ0v) is 13.7. The van der Waals surface area contributed by atoms with Crippen molar-refractivity contribution in [3.63, 3.8) is 0 Å². The molecule has 21 heavy (non-hydrogen) atoms. The van der Waals surface area contributed by atoms with Gasteiger partial charge in [-0.05, 0) is 51.1 Å². The fourth-order valence-electron chi connectivity index (χ4n) is 3.75. The molecule has 0 aromatic heterocycles. The summed E-state index contributed by atoms with van der Waals surface area (Å²) in [7, 11) is 1.94. The maximum Gasteiger partial charge on any atom is 0.401 e. The van der Waals surface area contributed by atoms with Gasteiger partial charge in [0.15, 0.2) is 0 Å². The van der Waals surface area contributed by atoms with E-state index in [4.69, 9.17) is 0 Å². The Balaban J connectivity index is 2.63. The quantitative estimate of drug-likeness (QED) is 0.727. The van der Waals surface area contributed by atoms with Gasteiger partial charge in [0.25, 0.3) is 0 Å². The van der Waals surface area contributed by atoms with Crippen LogP contribution in [0.15, 0.2) is 0 Å². The maximum absolute atomic E-state index is 12.7. The van der Waals surface area contributed by atoms with Crippen molar-refractivity contribution in [3.05, 3.63) is 0 Å². The number of nitrogens with one attached hydrogen (secondary N) is 1. The lowest BCUT2D eigenvalue weighted by Crippen LogP contribution is -2.46. The van der Waals surface area contributed by atoms with Gasteiger partial charge >= 0.3 is 6.18 Å². The van der Waals surface area contributed by atoms with E-state index >= 15 is 0 Å². The van der Waals surface area contributed by atoms with E-state index in [0.717, 1.165) is 19.3 Å². The highest BCUT2D eigenvalue weighted by Gasteiger charge is 2.34. The van der Waals surface area contributed by atoms with Crippen LogP contribution < -0.4 is 5.32 Å². The van der Waals surface area contributed by atoms with E-state index in [1.807, 2.05) is 14.0 Å². The first-order valence-corrected chi connectivity index (χ1v) is 8.35. The molecule has 1 fully saturated rings. The Hall–Kier alpha value is -0.290. The molecule has 5 heteroatoms. The first kappa shape index (κ1) is 18.8. The van der Waals surface area contributed by atoms with Gasteiger partial charge in [-0.1, -0.05) is 26.7 Å². The largest absolute Gasteiger partial charge is 0.401 e. The molecule has 1 rings (SSSR count). The average molecular weight is 308 g/mol. The van der Waals surface area contributed by atoms with Crippen LogP contribution in [0.25, 0.3) is 0 Å². The standard InChI is InChI=1S/C16H31F3N2/c1-4-6-13-7-8-15(20-3)14(10-13)11-21(9-5-2)12-16(17,18)19/h13-15,20H,4-12H2,1-3H3. The Morgan fingerprint density at radius 3 is 2.38 bits per heavy atom. The van der Waals surface area contributed by atoms with Crippen molar-refractivity contribution in [3.8, 4) is 0 Å². The highest BCUT2D eigenvalue weighted by atomic mass is 19.4. The molecule has 3 atom stereocenters. The van der Waals surface area contributed by atoms with Crippen LogP contribution >= 0.6 is 0 Å². The van der Waals surface area contributed by atoms with E-state index in [1.54, 1.807) is 4.90 Å². The van der Waals surface area contributed by atoms with Crippen molar-refractivity contribution in [2.24, 2.45) is 11.8 Å². The van der Waals surface area contributed by atoms with E-state index in [-0.39, 0.29) is 0 Å². The second kappa shape index (κ2) is 8.99. The van der Waals surface area contributed by atoms with Crippen LogP contribution in [-0.2, 0) is 0 Å². The molecule has 2 nitrogen and oxygen atoms in total. The fourth-order valence-corrected chi connectivity index (χ4v) is 3.75. The smallest absolute Gasteiger partial charge is 0.317 e. The lowest BCUT2D eigenvalue weighted by Gasteiger charge is -2.39. The van der Waals surface area contributed by atoms with E-state index in [1.165, 1.54) is 19.3 Å². The summed E-state index contributed by atoms with van der Waals surface area (Å²) in [6.07, 6.45) is 2.42. The summed E-state index contributed by atoms with van der Waals surface area (Å²) in [6, 6.07) is 0.366. The molecule has 0 saturated heterocycles. The molecule has 1 saturated carbocycles. The van der Waals surface area contributed by atoms with Gasteiger partial charge in [0.2, 0.25) is 0 Å². The molecule has 0 aromatic carbocycles. The Labute approximate surface area is 127 Å². The Bertz CT molecular complexity index is 281. The third-order valence-electron chi connectivity index (χ3n) is 4.59. The molecule has 1 aliphatic carbocycles. The minimum Gasteiger partial charge on any atom is -0.317 e. The van der Waals surface area contributed by atoms with Gasteiger partial charge in [0.1, 0.15) is 0 Å². The van der Waals surface area contributed by atoms with Gasteiger partial charge in [-0.2, -0.15) is 13.2 Å². The SMILES string of the molecule is CCCC1CCC(NC)C(CN(CCC)CC(F)(F)F)C1. The number of halogens is 3. The lowest BCUT2D eigenvalue weighted by molar-refractivity contribution is -0.148. The van der Waals surface area contributed by atoms with Crippen LogP contribution in [0.4, 0.5) is 13.2 Å². The molecule has 0 aliphatic heterocycles. The minimum atomic E-state index is -4.10. The zero-order chi connectivity index (χ0) is 15.9. The van der Waals surface area contributed by atoms with Crippen LogP contribution in [0.3, 0.4) is 0 Å². The lowest BCUT2D eigenvalue weighted by atomic mass is 9.76. The van der Waals surface area contributed by atoms with E-state index in [2.05, 4.69) is 12.2 Å². The molecule has 3 unspecified atom stereocenters. The molecule has 0 heterocycles. The molecular weight excluding hydrogens is 277 g/mol. The first-order valence-electron chi connectivity index (χ1n) is 8.35. The number of nitrogens with zero attached hydrogens (tertiary/aromatic N) is 1. The van der Waals surface area contributed by atoms with Crippen molar-refractivity contribution in [2.75, 3.05) is 26.7 Å². The molecular formula is C16H31F3N2. The topological polar surface area (TPSA) is 15.3 Å². The van der Waals surface area contributed by atoms with Gasteiger partial charge in [0.05, 0.1) is 6.54 Å². The monoisotopic (exact) mass is 308 g/mol. The van der Waals surface area contributed by atoms with Gasteiger partial charge in [-0.25, -0.2) is 0 Å². The third kappa shape index (κ3) is 7.00. The van der Waals surface area contributed by atoms with Crippen molar-refractivity contribution < 1.29 is 13.2 Å². The summed E-state index contributed by atoms with van der Waals surface area (Å²) >= 11 is 0. The van der Waals surface area contributed by atoms with Crippen LogP contribution in [0.2, 0.25) is 0 Å². The Morgan fingerprint density at radius 1 is 1.14 bits per heavy atom. The van der Waals surface area contributed by atoms with Gasteiger partial charge in [-0.15, -0.1) is 0 Å². The molecule has 0 aromatic rings. The van der Waals surface area contributed by atoms with Crippen molar-refractivity contribution >= 4 is 0 Å². The summed E-state index contributed by atoms with van der Waals surface area (Å²) in [5.41, 5.74) is 0. The molecule has 0 bridgehead atoms. The summed E-state index contributed by atoms with van der Waals surface area (Å²) in [4.78, 5) is 1.60. The van der Waals surface area contributed by atoms with Crippen molar-refractivity contribution in [1.82, 2.24) is 10.2 Å². The minimum absolute atomic E-state index is 0.342. The zero-order valence-electron chi connectivity index (χ0n) is 13.7. The number of alkyl halides is 3. The third-order valence-corrected chi connectivity index (χ3v) is 4.59. The predicted octanol–water partition coefficient (Wildman–Crippen LogP) is 4.07. The van der Waals surface area contributed by atoms with Gasteiger partial charge in [-0.3, -0.25) is 4.90 Å². The average Bonchev–Trinajstić information content (AvgIpc) is 2.38. The highest BCUT2D eigenvalue weighted by molar-refractivity contribution is 4.86. The van der Waals surface area contributed by atoms with E-state index < -0.39 is 12.7 Å². The molecule has 0 spiro atoms. The fraction of sp³-hybridized carbons (Fsp3) is 1.00. The van der Waals surface area contributed by atoms with Gasteiger partial charge in [0, 0.05) is 12.6 Å². The van der Waals surface area contributed by atoms with Crippen molar-refractivity contribution in [2.45, 2.75) is 64.6 Å². The van der Waals surface area contributed by atoms with Crippen LogP contribution in [-0.4, -0.2) is 43.8 Å². The van der Waals surface area contributed by atoms with E-state index in [9.17, 15) is 13.2 Å². The van der Waals surface area contributed by atoms with Crippen LogP contribution in [0, 0.1) is 11.8 Å².